The highest BCUT2D eigenvalue weighted by atomic mass is 19.4. The van der Waals surface area contributed by atoms with Crippen molar-refractivity contribution in [3.8, 4) is 0 Å². The Morgan fingerprint density at radius 2 is 1.94 bits per heavy atom. The summed E-state index contributed by atoms with van der Waals surface area (Å²) in [6.45, 7) is 7.37. The van der Waals surface area contributed by atoms with Crippen molar-refractivity contribution >= 4 is 11.9 Å². The van der Waals surface area contributed by atoms with Crippen LogP contribution in [0.5, 0.6) is 0 Å². The van der Waals surface area contributed by atoms with Crippen molar-refractivity contribution in [2.45, 2.75) is 38.9 Å². The first-order valence-electron chi connectivity index (χ1n) is 10.5. The number of alkyl halides is 3. The molecular weight excluding hydrogens is 417 g/mol. The first-order chi connectivity index (χ1) is 14.6. The maximum atomic E-state index is 12.2. The first-order valence-corrected chi connectivity index (χ1v) is 10.5. The van der Waals surface area contributed by atoms with Crippen LogP contribution in [0.15, 0.2) is 16.5 Å². The number of hydrogen-bond donors (Lipinski definition) is 2. The predicted octanol–water partition coefficient (Wildman–Crippen LogP) is 2.83. The maximum Gasteiger partial charge on any atom is 0.490 e. The van der Waals surface area contributed by atoms with E-state index in [0.29, 0.717) is 24.2 Å². The average molecular weight is 446 g/mol. The number of carboxylic acid groups (broad SMARTS) is 1. The molecule has 2 aliphatic heterocycles. The number of nitrogens with zero attached hydrogens (tertiary/aromatic N) is 1. The molecule has 1 aromatic heterocycles. The normalized spacial score (nSPS) is 26.0. The van der Waals surface area contributed by atoms with Crippen LogP contribution in [0.3, 0.4) is 0 Å². The van der Waals surface area contributed by atoms with Gasteiger partial charge in [0.2, 0.25) is 5.91 Å². The van der Waals surface area contributed by atoms with E-state index in [2.05, 4.69) is 16.3 Å². The number of nitrogens with one attached hydrogen (secondary N) is 1. The van der Waals surface area contributed by atoms with Gasteiger partial charge in [-0.25, -0.2) is 4.79 Å². The van der Waals surface area contributed by atoms with Gasteiger partial charge >= 0.3 is 12.1 Å². The SMILES string of the molecule is Cc1ccc(CN2C[C@@H]3COC[C@@H](CC(=O)NCC4CC4)[C@@H]3C2)o1.O=C(O)C(F)(F)F. The molecule has 3 fully saturated rings. The van der Waals surface area contributed by atoms with Gasteiger partial charge in [0.05, 0.1) is 19.8 Å². The van der Waals surface area contributed by atoms with Crippen molar-refractivity contribution in [2.24, 2.45) is 23.7 Å². The summed E-state index contributed by atoms with van der Waals surface area (Å²) in [6, 6.07) is 4.09. The van der Waals surface area contributed by atoms with Crippen molar-refractivity contribution in [3.63, 3.8) is 0 Å². The summed E-state index contributed by atoms with van der Waals surface area (Å²) in [6.07, 6.45) is -1.92. The number of amides is 1. The van der Waals surface area contributed by atoms with Gasteiger partial charge in [0.1, 0.15) is 11.5 Å². The zero-order chi connectivity index (χ0) is 22.6. The van der Waals surface area contributed by atoms with Gasteiger partial charge in [-0.2, -0.15) is 13.2 Å². The van der Waals surface area contributed by atoms with Crippen LogP contribution in [0, 0.1) is 30.6 Å². The van der Waals surface area contributed by atoms with E-state index in [0.717, 1.165) is 56.8 Å². The first kappa shape index (κ1) is 23.6. The number of carbonyl (C=O) groups is 2. The van der Waals surface area contributed by atoms with E-state index in [-0.39, 0.29) is 5.91 Å². The Bertz CT molecular complexity index is 762. The van der Waals surface area contributed by atoms with Crippen molar-refractivity contribution < 1.29 is 37.0 Å². The molecule has 1 amide bonds. The molecule has 2 N–H and O–H groups in total. The van der Waals surface area contributed by atoms with Gasteiger partial charge in [-0.05, 0) is 55.6 Å². The Morgan fingerprint density at radius 3 is 2.52 bits per heavy atom. The lowest BCUT2D eigenvalue weighted by Crippen LogP contribution is -2.38. The van der Waals surface area contributed by atoms with Gasteiger partial charge < -0.3 is 19.6 Å². The molecule has 4 rings (SSSR count). The number of carboxylic acids is 1. The molecule has 0 spiro atoms. The fourth-order valence-corrected chi connectivity index (χ4v) is 4.21. The lowest BCUT2D eigenvalue weighted by atomic mass is 9.81. The Hall–Kier alpha value is -2.07. The fraction of sp³-hybridized carbons (Fsp3) is 0.714. The highest BCUT2D eigenvalue weighted by Crippen LogP contribution is 2.36. The summed E-state index contributed by atoms with van der Waals surface area (Å²) < 4.78 is 43.3. The number of furan rings is 1. The molecule has 174 valence electrons. The van der Waals surface area contributed by atoms with Crippen molar-refractivity contribution in [1.82, 2.24) is 10.2 Å². The van der Waals surface area contributed by atoms with E-state index in [1.165, 1.54) is 12.8 Å². The third-order valence-electron chi connectivity index (χ3n) is 5.99. The number of ether oxygens (including phenoxy) is 1. The highest BCUT2D eigenvalue weighted by Gasteiger charge is 2.41. The molecule has 1 saturated carbocycles. The fourth-order valence-electron chi connectivity index (χ4n) is 4.21. The zero-order valence-corrected chi connectivity index (χ0v) is 17.5. The van der Waals surface area contributed by atoms with Gasteiger partial charge in [-0.15, -0.1) is 0 Å². The average Bonchev–Trinajstić information content (AvgIpc) is 3.29. The second-order valence-corrected chi connectivity index (χ2v) is 8.68. The predicted molar refractivity (Wildman–Crippen MR) is 104 cm³/mol. The van der Waals surface area contributed by atoms with Gasteiger partial charge in [0, 0.05) is 26.1 Å². The number of fused-ring (bicyclic) bond motifs is 1. The summed E-state index contributed by atoms with van der Waals surface area (Å²) in [5.41, 5.74) is 0. The van der Waals surface area contributed by atoms with Crippen LogP contribution < -0.4 is 5.32 Å². The van der Waals surface area contributed by atoms with Gasteiger partial charge in [0.15, 0.2) is 0 Å². The van der Waals surface area contributed by atoms with E-state index < -0.39 is 12.1 Å². The Morgan fingerprint density at radius 1 is 1.23 bits per heavy atom. The van der Waals surface area contributed by atoms with Crippen molar-refractivity contribution in [1.29, 1.82) is 0 Å². The summed E-state index contributed by atoms with van der Waals surface area (Å²) in [5.74, 6) is 1.66. The third kappa shape index (κ3) is 7.24. The van der Waals surface area contributed by atoms with E-state index in [9.17, 15) is 18.0 Å². The summed E-state index contributed by atoms with van der Waals surface area (Å²) in [4.78, 5) is 23.6. The molecule has 0 unspecified atom stereocenters. The van der Waals surface area contributed by atoms with E-state index in [1.807, 2.05) is 13.0 Å². The molecule has 0 bridgehead atoms. The number of halogens is 3. The minimum absolute atomic E-state index is 0.205. The maximum absolute atomic E-state index is 12.2. The van der Waals surface area contributed by atoms with E-state index in [4.69, 9.17) is 19.1 Å². The Balaban J connectivity index is 0.000000339. The smallest absolute Gasteiger partial charge is 0.475 e. The van der Waals surface area contributed by atoms with E-state index in [1.54, 1.807) is 0 Å². The molecular formula is C21H29F3N2O5. The van der Waals surface area contributed by atoms with E-state index >= 15 is 0 Å². The Labute approximate surface area is 178 Å². The molecule has 1 aliphatic carbocycles. The van der Waals surface area contributed by atoms with Crippen LogP contribution in [-0.2, 0) is 20.9 Å². The summed E-state index contributed by atoms with van der Waals surface area (Å²) in [5, 5.41) is 10.2. The van der Waals surface area contributed by atoms with Crippen LogP contribution >= 0.6 is 0 Å². The molecule has 3 aliphatic rings. The monoisotopic (exact) mass is 446 g/mol. The minimum Gasteiger partial charge on any atom is -0.475 e. The zero-order valence-electron chi connectivity index (χ0n) is 17.5. The second-order valence-electron chi connectivity index (χ2n) is 8.68. The number of aryl methyl sites for hydroxylation is 1. The standard InChI is InChI=1S/C19H28N2O3.C2HF3O2/c1-13-2-5-17(24-13)9-21-8-16-12-23-11-15(18(16)10-21)6-19(22)20-7-14-3-4-14;3-2(4,5)1(6)7/h2,5,14-16,18H,3-4,6-12H2,1H3,(H,20,22);(H,6,7)/t15-,16-,18+;/m1./s1. The van der Waals surface area contributed by atoms with Crippen LogP contribution in [-0.4, -0.2) is 60.9 Å². The second kappa shape index (κ2) is 10.0. The number of hydrogen-bond acceptors (Lipinski definition) is 5. The quantitative estimate of drug-likeness (QED) is 0.698. The number of likely N-dealkylation sites (tertiary alicyclic amines) is 1. The molecule has 1 aromatic rings. The molecule has 7 nitrogen and oxygen atoms in total. The van der Waals surface area contributed by atoms with Crippen LogP contribution in [0.2, 0.25) is 0 Å². The molecule has 0 radical (unpaired) electrons. The largest absolute Gasteiger partial charge is 0.490 e. The minimum atomic E-state index is -5.08. The molecule has 10 heteroatoms. The van der Waals surface area contributed by atoms with Gasteiger partial charge in [0.25, 0.3) is 0 Å². The number of rotatable bonds is 6. The lowest BCUT2D eigenvalue weighted by Gasteiger charge is -2.32. The van der Waals surface area contributed by atoms with Crippen molar-refractivity contribution in [3.05, 3.63) is 23.7 Å². The molecule has 3 atom stereocenters. The van der Waals surface area contributed by atoms with Crippen LogP contribution in [0.1, 0.15) is 30.8 Å². The number of aliphatic carboxylic acids is 1. The molecule has 0 aromatic carbocycles. The Kier molecular flexibility index (Phi) is 7.64. The summed E-state index contributed by atoms with van der Waals surface area (Å²) >= 11 is 0. The number of carbonyl (C=O) groups excluding carboxylic acids is 1. The van der Waals surface area contributed by atoms with Crippen molar-refractivity contribution in [2.75, 3.05) is 32.8 Å². The van der Waals surface area contributed by atoms with Gasteiger partial charge in [-0.1, -0.05) is 0 Å². The molecule has 2 saturated heterocycles. The molecule has 3 heterocycles. The summed E-state index contributed by atoms with van der Waals surface area (Å²) in [7, 11) is 0. The highest BCUT2D eigenvalue weighted by molar-refractivity contribution is 5.76. The van der Waals surface area contributed by atoms with Gasteiger partial charge in [-0.3, -0.25) is 9.69 Å². The lowest BCUT2D eigenvalue weighted by molar-refractivity contribution is -0.192. The molecule has 31 heavy (non-hydrogen) atoms. The van der Waals surface area contributed by atoms with Crippen LogP contribution in [0.4, 0.5) is 13.2 Å². The third-order valence-corrected chi connectivity index (χ3v) is 5.99. The topological polar surface area (TPSA) is 92.0 Å². The van der Waals surface area contributed by atoms with Crippen LogP contribution in [0.25, 0.3) is 0 Å².